The molecule has 3 rings (SSSR count). The fourth-order valence-corrected chi connectivity index (χ4v) is 4.00. The van der Waals surface area contributed by atoms with Gasteiger partial charge >= 0.3 is 0 Å². The zero-order valence-corrected chi connectivity index (χ0v) is 17.2. The number of hydrogen-bond donors (Lipinski definition) is 5. The molecule has 1 aliphatic rings. The maximum Gasteiger partial charge on any atom is 0.238 e. The molecule has 1 heterocycles. The van der Waals surface area contributed by atoms with Crippen molar-refractivity contribution in [3.8, 4) is 5.75 Å². The highest BCUT2D eigenvalue weighted by Crippen LogP contribution is 2.33. The van der Waals surface area contributed by atoms with Crippen molar-refractivity contribution in [3.63, 3.8) is 0 Å². The Bertz CT molecular complexity index is 1010. The lowest BCUT2D eigenvalue weighted by molar-refractivity contribution is -0.122. The Kier molecular flexibility index (Phi) is 6.23. The number of phenols is 1. The summed E-state index contributed by atoms with van der Waals surface area (Å²) in [5, 5.41) is 18.3. The van der Waals surface area contributed by atoms with Crippen molar-refractivity contribution in [2.24, 2.45) is 5.14 Å². The maximum absolute atomic E-state index is 12.4. The van der Waals surface area contributed by atoms with E-state index in [-0.39, 0.29) is 22.6 Å². The maximum atomic E-state index is 12.4. The molecule has 0 saturated carbocycles. The van der Waals surface area contributed by atoms with Gasteiger partial charge in [-0.25, -0.2) is 24.4 Å². The Morgan fingerprint density at radius 1 is 1.21 bits per heavy atom. The molecule has 9 heteroatoms. The third-order valence-corrected chi connectivity index (χ3v) is 5.96. The Hall–Kier alpha value is -2.46. The molecule has 1 amide bonds. The van der Waals surface area contributed by atoms with Gasteiger partial charge in [0.05, 0.1) is 10.9 Å². The van der Waals surface area contributed by atoms with E-state index in [2.05, 4.69) is 16.2 Å². The molecule has 2 aromatic rings. The molecular formula is C20H26N4O4S. The molecule has 8 nitrogen and oxygen atoms in total. The molecule has 2 unspecified atom stereocenters. The lowest BCUT2D eigenvalue weighted by Crippen LogP contribution is -2.43. The van der Waals surface area contributed by atoms with Crippen molar-refractivity contribution in [2.45, 2.75) is 43.7 Å². The van der Waals surface area contributed by atoms with Gasteiger partial charge in [0, 0.05) is 12.1 Å². The first kappa shape index (κ1) is 21.3. The summed E-state index contributed by atoms with van der Waals surface area (Å²) in [7, 11) is -3.70. The summed E-state index contributed by atoms with van der Waals surface area (Å²) in [6.45, 7) is 4.25. The summed E-state index contributed by atoms with van der Waals surface area (Å²) in [5.74, 6) is 0.115. The average Bonchev–Trinajstić information content (AvgIpc) is 3.14. The molecule has 0 spiro atoms. The third kappa shape index (κ3) is 5.13. The molecular weight excluding hydrogens is 392 g/mol. The van der Waals surface area contributed by atoms with Gasteiger partial charge in [0.25, 0.3) is 0 Å². The molecule has 0 aromatic heterocycles. The van der Waals surface area contributed by atoms with Crippen LogP contribution in [0.1, 0.15) is 34.7 Å². The van der Waals surface area contributed by atoms with Crippen LogP contribution in [0.25, 0.3) is 0 Å². The summed E-state index contributed by atoms with van der Waals surface area (Å²) in [6, 6.07) is 9.54. The van der Waals surface area contributed by atoms with Crippen LogP contribution in [0.15, 0.2) is 41.3 Å². The van der Waals surface area contributed by atoms with E-state index >= 15 is 0 Å². The van der Waals surface area contributed by atoms with E-state index in [4.69, 9.17) is 5.14 Å². The number of phenolic OH excluding ortho intramolecular Hbond substituents is 1. The highest BCUT2D eigenvalue weighted by Gasteiger charge is 2.31. The summed E-state index contributed by atoms with van der Waals surface area (Å²) in [6.07, 6.45) is 1.09. The first-order valence-corrected chi connectivity index (χ1v) is 10.9. The zero-order valence-electron chi connectivity index (χ0n) is 16.4. The fourth-order valence-electron chi connectivity index (χ4n) is 3.49. The molecule has 1 saturated heterocycles. The van der Waals surface area contributed by atoms with Gasteiger partial charge < -0.3 is 10.4 Å². The second kappa shape index (κ2) is 8.50. The number of carbonyl (C=O) groups is 1. The number of aryl methyl sites for hydroxylation is 2. The second-order valence-electron chi connectivity index (χ2n) is 7.38. The molecule has 2 atom stereocenters. The van der Waals surface area contributed by atoms with Gasteiger partial charge in [0.1, 0.15) is 11.8 Å². The largest absolute Gasteiger partial charge is 0.507 e. The first-order valence-electron chi connectivity index (χ1n) is 9.36. The van der Waals surface area contributed by atoms with Crippen LogP contribution < -0.4 is 21.3 Å². The first-order chi connectivity index (χ1) is 13.6. The van der Waals surface area contributed by atoms with Gasteiger partial charge in [-0.3, -0.25) is 4.79 Å². The average molecular weight is 419 g/mol. The van der Waals surface area contributed by atoms with Gasteiger partial charge in [0.15, 0.2) is 0 Å². The quantitative estimate of drug-likeness (QED) is 0.474. The van der Waals surface area contributed by atoms with Crippen LogP contribution in [0.5, 0.6) is 5.75 Å². The van der Waals surface area contributed by atoms with E-state index in [9.17, 15) is 18.3 Å². The molecule has 156 valence electrons. The number of primary sulfonamides is 1. The van der Waals surface area contributed by atoms with Crippen LogP contribution in [-0.2, 0) is 21.2 Å². The number of nitrogens with two attached hydrogens (primary N) is 1. The van der Waals surface area contributed by atoms with Crippen molar-refractivity contribution in [2.75, 3.05) is 6.54 Å². The number of hydrogen-bond acceptors (Lipinski definition) is 6. The molecule has 2 aromatic carbocycles. The molecule has 6 N–H and O–H groups in total. The van der Waals surface area contributed by atoms with E-state index in [0.29, 0.717) is 19.4 Å². The number of carbonyl (C=O) groups excluding carboxylic acids is 1. The number of rotatable bonds is 6. The van der Waals surface area contributed by atoms with Crippen LogP contribution in [0.4, 0.5) is 0 Å². The predicted octanol–water partition coefficient (Wildman–Crippen LogP) is 0.923. The number of amides is 1. The monoisotopic (exact) mass is 418 g/mol. The lowest BCUT2D eigenvalue weighted by Gasteiger charge is -2.14. The number of sulfonamides is 1. The van der Waals surface area contributed by atoms with Crippen molar-refractivity contribution in [3.05, 3.63) is 58.7 Å². The topological polar surface area (TPSA) is 134 Å². The van der Waals surface area contributed by atoms with Crippen molar-refractivity contribution >= 4 is 15.9 Å². The molecule has 0 bridgehead atoms. The Labute approximate surface area is 170 Å². The SMILES string of the molecule is Cc1cc(C)c(O)c(C2CC(C(=O)NCCc3ccc(S(N)(=O)=O)cc3)NN2)c1. The van der Waals surface area contributed by atoms with Gasteiger partial charge in [-0.1, -0.05) is 29.8 Å². The highest BCUT2D eigenvalue weighted by molar-refractivity contribution is 7.89. The minimum Gasteiger partial charge on any atom is -0.507 e. The van der Waals surface area contributed by atoms with Gasteiger partial charge in [-0.15, -0.1) is 0 Å². The molecule has 0 radical (unpaired) electrons. The van der Waals surface area contributed by atoms with Crippen LogP contribution in [0.2, 0.25) is 0 Å². The van der Waals surface area contributed by atoms with E-state index < -0.39 is 16.1 Å². The van der Waals surface area contributed by atoms with Gasteiger partial charge in [0.2, 0.25) is 15.9 Å². The predicted molar refractivity (Wildman–Crippen MR) is 110 cm³/mol. The number of nitrogens with one attached hydrogen (secondary N) is 3. The summed E-state index contributed by atoms with van der Waals surface area (Å²) in [5.41, 5.74) is 9.62. The molecule has 0 aliphatic carbocycles. The minimum atomic E-state index is -3.70. The van der Waals surface area contributed by atoms with Crippen LogP contribution in [-0.4, -0.2) is 32.0 Å². The third-order valence-electron chi connectivity index (χ3n) is 5.03. The van der Waals surface area contributed by atoms with E-state index in [1.165, 1.54) is 12.1 Å². The van der Waals surface area contributed by atoms with Crippen LogP contribution in [0.3, 0.4) is 0 Å². The summed E-state index contributed by atoms with van der Waals surface area (Å²) in [4.78, 5) is 12.5. The van der Waals surface area contributed by atoms with Gasteiger partial charge in [-0.2, -0.15) is 0 Å². The fraction of sp³-hybridized carbons (Fsp3) is 0.350. The zero-order chi connectivity index (χ0) is 21.2. The summed E-state index contributed by atoms with van der Waals surface area (Å²) >= 11 is 0. The van der Waals surface area contributed by atoms with E-state index in [0.717, 1.165) is 22.3 Å². The summed E-state index contributed by atoms with van der Waals surface area (Å²) < 4.78 is 22.5. The standard InChI is InChI=1S/C20H26N4O4S/c1-12-9-13(2)19(25)16(10-12)17-11-18(24-23-17)20(26)22-8-7-14-3-5-15(6-4-14)29(21,27)28/h3-6,9-10,17-18,23-25H,7-8,11H2,1-2H3,(H,22,26)(H2,21,27,28). The number of aromatic hydroxyl groups is 1. The van der Waals surface area contributed by atoms with E-state index in [1.54, 1.807) is 12.1 Å². The highest BCUT2D eigenvalue weighted by atomic mass is 32.2. The van der Waals surface area contributed by atoms with Crippen molar-refractivity contribution < 1.29 is 18.3 Å². The van der Waals surface area contributed by atoms with Crippen molar-refractivity contribution in [1.29, 1.82) is 0 Å². The van der Waals surface area contributed by atoms with Crippen LogP contribution in [0, 0.1) is 13.8 Å². The molecule has 1 aliphatic heterocycles. The molecule has 1 fully saturated rings. The Morgan fingerprint density at radius 2 is 1.90 bits per heavy atom. The number of hydrazine groups is 1. The van der Waals surface area contributed by atoms with E-state index in [1.807, 2.05) is 26.0 Å². The van der Waals surface area contributed by atoms with Gasteiger partial charge in [-0.05, 0) is 49.9 Å². The smallest absolute Gasteiger partial charge is 0.238 e. The number of benzene rings is 2. The minimum absolute atomic E-state index is 0.0622. The lowest BCUT2D eigenvalue weighted by atomic mass is 9.96. The van der Waals surface area contributed by atoms with Crippen LogP contribution >= 0.6 is 0 Å². The second-order valence-corrected chi connectivity index (χ2v) is 8.94. The Balaban J connectivity index is 1.52. The Morgan fingerprint density at radius 3 is 2.55 bits per heavy atom. The van der Waals surface area contributed by atoms with Crippen molar-refractivity contribution in [1.82, 2.24) is 16.2 Å². The normalized spacial score (nSPS) is 19.3. The molecule has 29 heavy (non-hydrogen) atoms.